The van der Waals surface area contributed by atoms with Gasteiger partial charge >= 0.3 is 12.1 Å². The predicted molar refractivity (Wildman–Crippen MR) is 110 cm³/mol. The van der Waals surface area contributed by atoms with Crippen molar-refractivity contribution in [2.45, 2.75) is 23.9 Å². The molecule has 2 aromatic carbocycles. The third kappa shape index (κ3) is 3.88. The maximum atomic E-state index is 14.1. The van der Waals surface area contributed by atoms with Crippen LogP contribution in [-0.2, 0) is 15.8 Å². The topological polar surface area (TPSA) is 64.8 Å². The van der Waals surface area contributed by atoms with Crippen molar-refractivity contribution < 1.29 is 30.4 Å². The molecular weight excluding hydrogens is 473 g/mol. The van der Waals surface area contributed by atoms with Crippen molar-refractivity contribution in [3.63, 3.8) is 0 Å². The van der Waals surface area contributed by atoms with E-state index < -0.39 is 27.6 Å². The minimum atomic E-state index is -5.84. The van der Waals surface area contributed by atoms with Crippen molar-refractivity contribution in [3.05, 3.63) is 59.8 Å². The Bertz CT molecular complexity index is 1420. The second-order valence-electron chi connectivity index (χ2n) is 7.16. The summed E-state index contributed by atoms with van der Waals surface area (Å²) < 4.78 is 92.1. The number of benzene rings is 2. The first-order valence-electron chi connectivity index (χ1n) is 9.00. The van der Waals surface area contributed by atoms with Crippen LogP contribution in [0.4, 0.5) is 22.0 Å². The zero-order valence-electron chi connectivity index (χ0n) is 16.5. The lowest BCUT2D eigenvalue weighted by Gasteiger charge is -2.16. The molecule has 0 saturated heterocycles. The summed E-state index contributed by atoms with van der Waals surface area (Å²) in [7, 11) is -3.53. The smallest absolute Gasteiger partial charge is 0.234 e. The Balaban J connectivity index is 1.93. The van der Waals surface area contributed by atoms with Gasteiger partial charge in [0.05, 0.1) is 20.8 Å². The van der Waals surface area contributed by atoms with Gasteiger partial charge in [-0.05, 0) is 55.0 Å². The normalized spacial score (nSPS) is 13.1. The maximum absolute atomic E-state index is 14.1. The first kappa shape index (κ1) is 22.3. The molecule has 2 aromatic heterocycles. The second kappa shape index (κ2) is 7.34. The number of aryl methyl sites for hydroxylation is 1. The second-order valence-corrected chi connectivity index (χ2v) is 10.2. The quantitative estimate of drug-likeness (QED) is 0.356. The molecule has 0 aliphatic heterocycles. The molecule has 0 aliphatic carbocycles. The lowest BCUT2D eigenvalue weighted by Crippen LogP contribution is -2.34. The number of alkyl halides is 5. The number of fused-ring (bicyclic) bond motifs is 1. The van der Waals surface area contributed by atoms with Crippen molar-refractivity contribution in [1.82, 2.24) is 14.8 Å². The van der Waals surface area contributed by atoms with Gasteiger partial charge in [-0.3, -0.25) is 0 Å². The molecule has 0 atom stereocenters. The number of sulfone groups is 1. The van der Waals surface area contributed by atoms with Crippen LogP contribution in [0.3, 0.4) is 0 Å². The van der Waals surface area contributed by atoms with E-state index in [0.717, 1.165) is 32.5 Å². The van der Waals surface area contributed by atoms with Gasteiger partial charge in [-0.15, -0.1) is 11.3 Å². The number of aromatic nitrogens is 3. The first-order valence-corrected chi connectivity index (χ1v) is 11.7. The van der Waals surface area contributed by atoms with E-state index in [1.807, 2.05) is 13.0 Å². The Kier molecular flexibility index (Phi) is 5.12. The molecule has 0 radical (unpaired) electrons. The highest BCUT2D eigenvalue weighted by Gasteiger charge is 2.60. The molecule has 0 unspecified atom stereocenters. The number of hydrogen-bond acceptors (Lipinski definition) is 5. The van der Waals surface area contributed by atoms with Gasteiger partial charge in [-0.2, -0.15) is 27.1 Å². The molecular formula is C20H14F5N3O2S2. The van der Waals surface area contributed by atoms with Gasteiger partial charge in [0.15, 0.2) is 9.84 Å². The molecule has 0 aliphatic rings. The minimum Gasteiger partial charge on any atom is -0.234 e. The van der Waals surface area contributed by atoms with Gasteiger partial charge in [0.1, 0.15) is 16.4 Å². The largest absolute Gasteiger partial charge is 0.459 e. The highest BCUT2D eigenvalue weighted by atomic mass is 32.2. The van der Waals surface area contributed by atoms with Crippen LogP contribution in [0.15, 0.2) is 53.4 Å². The number of thiazole rings is 1. The zero-order valence-corrected chi connectivity index (χ0v) is 18.1. The van der Waals surface area contributed by atoms with Crippen molar-refractivity contribution in [2.75, 3.05) is 6.26 Å². The standard InChI is InChI=1S/C20H14F5N3O2S2/c1-11-3-8-14-16(9-11)31-18(26-14)15-10-17(19(21,22)20(23,24)25)27-28(15)12-4-6-13(7-5-12)32(2,29)30/h3-10H,1-2H3. The molecule has 0 bridgehead atoms. The molecule has 0 amide bonds. The Labute approximate surface area is 183 Å². The molecule has 4 aromatic rings. The van der Waals surface area contributed by atoms with E-state index in [1.165, 1.54) is 24.3 Å². The molecule has 0 fully saturated rings. The number of rotatable bonds is 4. The molecule has 0 saturated carbocycles. The third-order valence-electron chi connectivity index (χ3n) is 4.66. The van der Waals surface area contributed by atoms with Gasteiger partial charge in [0.25, 0.3) is 0 Å². The fraction of sp³-hybridized carbons (Fsp3) is 0.200. The van der Waals surface area contributed by atoms with Gasteiger partial charge in [-0.25, -0.2) is 18.1 Å². The van der Waals surface area contributed by atoms with Crippen molar-refractivity contribution in [1.29, 1.82) is 0 Å². The molecule has 0 spiro atoms. The highest BCUT2D eigenvalue weighted by molar-refractivity contribution is 7.90. The minimum absolute atomic E-state index is 0.0359. The number of hydrogen-bond donors (Lipinski definition) is 0. The fourth-order valence-corrected chi connectivity index (χ4v) is 4.70. The van der Waals surface area contributed by atoms with Crippen LogP contribution in [0.5, 0.6) is 0 Å². The number of nitrogens with zero attached hydrogens (tertiary/aromatic N) is 3. The summed E-state index contributed by atoms with van der Waals surface area (Å²) >= 11 is 1.12. The molecule has 4 rings (SSSR count). The predicted octanol–water partition coefficient (Wildman–Crippen LogP) is 5.52. The molecule has 0 N–H and O–H groups in total. The Morgan fingerprint density at radius 3 is 2.22 bits per heavy atom. The molecule has 32 heavy (non-hydrogen) atoms. The average Bonchev–Trinajstić information content (AvgIpc) is 3.30. The van der Waals surface area contributed by atoms with Crippen molar-refractivity contribution in [2.24, 2.45) is 0 Å². The monoisotopic (exact) mass is 487 g/mol. The van der Waals surface area contributed by atoms with Crippen LogP contribution in [0.1, 0.15) is 11.3 Å². The van der Waals surface area contributed by atoms with Crippen LogP contribution in [0.25, 0.3) is 26.6 Å². The van der Waals surface area contributed by atoms with Crippen molar-refractivity contribution >= 4 is 31.4 Å². The van der Waals surface area contributed by atoms with Gasteiger partial charge < -0.3 is 0 Å². The zero-order chi connectivity index (χ0) is 23.5. The van der Waals surface area contributed by atoms with Crippen LogP contribution >= 0.6 is 11.3 Å². The summed E-state index contributed by atoms with van der Waals surface area (Å²) in [5.41, 5.74) is 0.0337. The summed E-state index contributed by atoms with van der Waals surface area (Å²) in [5.74, 6) is -5.19. The molecule has 12 heteroatoms. The summed E-state index contributed by atoms with van der Waals surface area (Å²) in [6.07, 6.45) is -4.85. The van der Waals surface area contributed by atoms with Gasteiger partial charge in [0.2, 0.25) is 0 Å². The van der Waals surface area contributed by atoms with Crippen LogP contribution in [0.2, 0.25) is 0 Å². The first-order chi connectivity index (χ1) is 14.8. The van der Waals surface area contributed by atoms with Gasteiger partial charge in [0, 0.05) is 6.26 Å². The maximum Gasteiger partial charge on any atom is 0.459 e. The van der Waals surface area contributed by atoms with E-state index in [1.54, 1.807) is 12.1 Å². The van der Waals surface area contributed by atoms with E-state index in [-0.39, 0.29) is 21.3 Å². The lowest BCUT2D eigenvalue weighted by atomic mass is 10.2. The van der Waals surface area contributed by atoms with E-state index in [9.17, 15) is 30.4 Å². The van der Waals surface area contributed by atoms with E-state index >= 15 is 0 Å². The van der Waals surface area contributed by atoms with Crippen LogP contribution in [0, 0.1) is 6.92 Å². The van der Waals surface area contributed by atoms with Crippen LogP contribution in [-0.4, -0.2) is 35.6 Å². The van der Waals surface area contributed by atoms with Crippen molar-refractivity contribution in [3.8, 4) is 16.4 Å². The summed E-state index contributed by atoms with van der Waals surface area (Å²) in [5, 5.41) is 3.73. The number of halogens is 5. The Morgan fingerprint density at radius 1 is 0.969 bits per heavy atom. The summed E-state index contributed by atoms with van der Waals surface area (Å²) in [4.78, 5) is 4.32. The average molecular weight is 487 g/mol. The van der Waals surface area contributed by atoms with Crippen LogP contribution < -0.4 is 0 Å². The molecule has 2 heterocycles. The summed E-state index contributed by atoms with van der Waals surface area (Å²) in [6, 6.07) is 11.0. The summed E-state index contributed by atoms with van der Waals surface area (Å²) in [6.45, 7) is 1.86. The fourth-order valence-electron chi connectivity index (χ4n) is 3.00. The van der Waals surface area contributed by atoms with E-state index in [2.05, 4.69) is 10.1 Å². The SMILES string of the molecule is Cc1ccc2nc(-c3cc(C(F)(F)C(F)(F)F)nn3-c3ccc(S(C)(=O)=O)cc3)sc2c1. The Hall–Kier alpha value is -2.86. The van der Waals surface area contributed by atoms with Gasteiger partial charge in [-0.1, -0.05) is 6.07 Å². The molecule has 5 nitrogen and oxygen atoms in total. The lowest BCUT2D eigenvalue weighted by molar-refractivity contribution is -0.291. The third-order valence-corrected chi connectivity index (χ3v) is 6.83. The highest BCUT2D eigenvalue weighted by Crippen LogP contribution is 2.45. The molecule has 168 valence electrons. The van der Waals surface area contributed by atoms with E-state index in [0.29, 0.717) is 11.6 Å². The van der Waals surface area contributed by atoms with E-state index in [4.69, 9.17) is 0 Å². The Morgan fingerprint density at radius 2 is 1.62 bits per heavy atom.